The Morgan fingerprint density at radius 3 is 2.59 bits per heavy atom. The lowest BCUT2D eigenvalue weighted by atomic mass is 10.3. The zero-order chi connectivity index (χ0) is 15.2. The highest BCUT2D eigenvalue weighted by atomic mass is 127. The van der Waals surface area contributed by atoms with E-state index in [9.17, 15) is 0 Å². The fourth-order valence-electron chi connectivity index (χ4n) is 2.33. The second-order valence-corrected chi connectivity index (χ2v) is 7.03. The predicted molar refractivity (Wildman–Crippen MR) is 108 cm³/mol. The summed E-state index contributed by atoms with van der Waals surface area (Å²) in [4.78, 5) is 9.57. The molecule has 2 rings (SSSR count). The van der Waals surface area contributed by atoms with Gasteiger partial charge in [-0.3, -0.25) is 9.89 Å². The Labute approximate surface area is 155 Å². The van der Waals surface area contributed by atoms with Crippen LogP contribution in [0.15, 0.2) is 17.1 Å². The summed E-state index contributed by atoms with van der Waals surface area (Å²) >= 11 is 1.87. The Kier molecular flexibility index (Phi) is 8.71. The highest BCUT2D eigenvalue weighted by molar-refractivity contribution is 14.0. The van der Waals surface area contributed by atoms with Crippen molar-refractivity contribution in [1.82, 2.24) is 15.5 Å². The van der Waals surface area contributed by atoms with Gasteiger partial charge in [-0.2, -0.15) is 0 Å². The number of halogens is 1. The van der Waals surface area contributed by atoms with Gasteiger partial charge in [0.15, 0.2) is 5.96 Å². The van der Waals surface area contributed by atoms with Crippen molar-refractivity contribution in [3.8, 4) is 0 Å². The van der Waals surface area contributed by atoms with E-state index < -0.39 is 0 Å². The first-order chi connectivity index (χ1) is 10.1. The summed E-state index contributed by atoms with van der Waals surface area (Å²) in [7, 11) is 4.05. The topological polar surface area (TPSA) is 39.7 Å². The highest BCUT2D eigenvalue weighted by Crippen LogP contribution is 2.26. The number of guanidine groups is 1. The van der Waals surface area contributed by atoms with Crippen LogP contribution in [0, 0.1) is 0 Å². The zero-order valence-corrected chi connectivity index (χ0v) is 17.2. The molecule has 2 N–H and O–H groups in total. The Morgan fingerprint density at radius 1 is 1.36 bits per heavy atom. The summed E-state index contributed by atoms with van der Waals surface area (Å²) < 4.78 is 0. The molecule has 0 radical (unpaired) electrons. The Hall–Kier alpha value is -0.340. The van der Waals surface area contributed by atoms with Crippen molar-refractivity contribution in [2.24, 2.45) is 4.99 Å². The first-order valence-corrected chi connectivity index (χ1v) is 8.69. The van der Waals surface area contributed by atoms with E-state index in [1.807, 2.05) is 18.4 Å². The quantitative estimate of drug-likeness (QED) is 0.392. The number of nitrogens with zero attached hydrogens (tertiary/aromatic N) is 2. The maximum absolute atomic E-state index is 4.30. The molecule has 6 heteroatoms. The van der Waals surface area contributed by atoms with Gasteiger partial charge in [0.25, 0.3) is 0 Å². The van der Waals surface area contributed by atoms with Crippen LogP contribution < -0.4 is 10.6 Å². The number of thiophene rings is 1. The van der Waals surface area contributed by atoms with Gasteiger partial charge < -0.3 is 10.6 Å². The maximum Gasteiger partial charge on any atom is 0.191 e. The molecule has 1 aromatic rings. The summed E-state index contributed by atoms with van der Waals surface area (Å²) in [5.74, 6) is 0.887. The summed E-state index contributed by atoms with van der Waals surface area (Å²) in [5, 5.41) is 6.82. The smallest absolute Gasteiger partial charge is 0.191 e. The van der Waals surface area contributed by atoms with Crippen LogP contribution in [0.5, 0.6) is 0 Å². The molecule has 0 bridgehead atoms. The van der Waals surface area contributed by atoms with Gasteiger partial charge in [0, 0.05) is 35.4 Å². The van der Waals surface area contributed by atoms with E-state index in [0.29, 0.717) is 6.04 Å². The summed E-state index contributed by atoms with van der Waals surface area (Å²) in [6.07, 6.45) is 3.82. The minimum absolute atomic E-state index is 0. The van der Waals surface area contributed by atoms with Gasteiger partial charge in [0.2, 0.25) is 0 Å². The van der Waals surface area contributed by atoms with Crippen LogP contribution in [-0.4, -0.2) is 43.6 Å². The van der Waals surface area contributed by atoms with Crippen LogP contribution in [-0.2, 0) is 13.0 Å². The third kappa shape index (κ3) is 6.04. The van der Waals surface area contributed by atoms with Crippen molar-refractivity contribution in [3.05, 3.63) is 21.9 Å². The molecule has 22 heavy (non-hydrogen) atoms. The first-order valence-electron chi connectivity index (χ1n) is 7.88. The zero-order valence-electron chi connectivity index (χ0n) is 14.1. The van der Waals surface area contributed by atoms with E-state index in [-0.39, 0.29) is 24.0 Å². The first kappa shape index (κ1) is 19.7. The van der Waals surface area contributed by atoms with Crippen molar-refractivity contribution in [3.63, 3.8) is 0 Å². The van der Waals surface area contributed by atoms with Crippen molar-refractivity contribution < 1.29 is 0 Å². The van der Waals surface area contributed by atoms with Crippen LogP contribution in [0.4, 0.5) is 0 Å². The molecular formula is C16H29IN4S. The van der Waals surface area contributed by atoms with Crippen molar-refractivity contribution in [2.75, 3.05) is 20.6 Å². The van der Waals surface area contributed by atoms with Crippen LogP contribution in [0.3, 0.4) is 0 Å². The molecule has 0 saturated heterocycles. The predicted octanol–water partition coefficient (Wildman–Crippen LogP) is 3.08. The lowest BCUT2D eigenvalue weighted by Gasteiger charge is -2.25. The fraction of sp³-hybridized carbons (Fsp3) is 0.688. The number of hydrogen-bond donors (Lipinski definition) is 2. The van der Waals surface area contributed by atoms with Crippen LogP contribution in [0.2, 0.25) is 0 Å². The molecule has 1 heterocycles. The molecule has 1 aromatic heterocycles. The second kappa shape index (κ2) is 9.72. The molecule has 1 aliphatic rings. The van der Waals surface area contributed by atoms with E-state index >= 15 is 0 Å². The molecule has 1 unspecified atom stereocenters. The SMILES string of the molecule is CCc1ccc(CNC(=NC)NCC(C)N(C)C2CC2)s1.I. The third-order valence-electron chi connectivity index (χ3n) is 4.10. The molecule has 0 amide bonds. The monoisotopic (exact) mass is 436 g/mol. The van der Waals surface area contributed by atoms with Gasteiger partial charge in [0.1, 0.15) is 0 Å². The Balaban J connectivity index is 0.00000242. The average Bonchev–Trinajstić information content (AvgIpc) is 3.25. The molecule has 1 atom stereocenters. The van der Waals surface area contributed by atoms with Crippen LogP contribution in [0.25, 0.3) is 0 Å². The maximum atomic E-state index is 4.30. The molecule has 1 fully saturated rings. The van der Waals surface area contributed by atoms with Crippen molar-refractivity contribution in [1.29, 1.82) is 0 Å². The van der Waals surface area contributed by atoms with E-state index in [0.717, 1.165) is 31.5 Å². The number of aliphatic imine (C=N–C) groups is 1. The largest absolute Gasteiger partial charge is 0.355 e. The lowest BCUT2D eigenvalue weighted by Crippen LogP contribution is -2.45. The molecule has 126 valence electrons. The minimum Gasteiger partial charge on any atom is -0.355 e. The Morgan fingerprint density at radius 2 is 2.05 bits per heavy atom. The number of hydrogen-bond acceptors (Lipinski definition) is 3. The van der Waals surface area contributed by atoms with Gasteiger partial charge in [0.05, 0.1) is 6.54 Å². The van der Waals surface area contributed by atoms with Gasteiger partial charge in [-0.1, -0.05) is 6.92 Å². The standard InChI is InChI=1S/C16H28N4S.HI/c1-5-14-8-9-15(21-14)11-19-16(17-3)18-10-12(2)20(4)13-6-7-13;/h8-9,12-13H,5-7,10-11H2,1-4H3,(H2,17,18,19);1H. The molecule has 0 aliphatic heterocycles. The van der Waals surface area contributed by atoms with Crippen LogP contribution in [0.1, 0.15) is 36.4 Å². The van der Waals surface area contributed by atoms with E-state index in [1.54, 1.807) is 0 Å². The molecular weight excluding hydrogens is 407 g/mol. The minimum atomic E-state index is 0. The number of rotatable bonds is 7. The second-order valence-electron chi connectivity index (χ2n) is 5.77. The summed E-state index contributed by atoms with van der Waals surface area (Å²) in [6, 6.07) is 5.75. The highest BCUT2D eigenvalue weighted by Gasteiger charge is 2.28. The number of nitrogens with one attached hydrogen (secondary N) is 2. The average molecular weight is 436 g/mol. The molecule has 0 spiro atoms. The van der Waals surface area contributed by atoms with E-state index in [2.05, 4.69) is 53.6 Å². The third-order valence-corrected chi connectivity index (χ3v) is 5.33. The summed E-state index contributed by atoms with van der Waals surface area (Å²) in [6.45, 7) is 6.24. The normalized spacial score (nSPS) is 16.3. The van der Waals surface area contributed by atoms with E-state index in [1.165, 1.54) is 22.6 Å². The van der Waals surface area contributed by atoms with Gasteiger partial charge in [-0.15, -0.1) is 35.3 Å². The lowest BCUT2D eigenvalue weighted by molar-refractivity contribution is 0.247. The van der Waals surface area contributed by atoms with Gasteiger partial charge in [-0.25, -0.2) is 0 Å². The number of aryl methyl sites for hydroxylation is 1. The molecule has 1 saturated carbocycles. The van der Waals surface area contributed by atoms with Crippen LogP contribution >= 0.6 is 35.3 Å². The number of likely N-dealkylation sites (N-methyl/N-ethyl adjacent to an activating group) is 1. The molecule has 0 aromatic carbocycles. The molecule has 4 nitrogen and oxygen atoms in total. The van der Waals surface area contributed by atoms with E-state index in [4.69, 9.17) is 0 Å². The van der Waals surface area contributed by atoms with Gasteiger partial charge >= 0.3 is 0 Å². The van der Waals surface area contributed by atoms with Crippen molar-refractivity contribution in [2.45, 2.75) is 51.7 Å². The van der Waals surface area contributed by atoms with Crippen molar-refractivity contribution >= 4 is 41.3 Å². The Bertz CT molecular complexity index is 470. The molecule has 1 aliphatic carbocycles. The summed E-state index contributed by atoms with van der Waals surface area (Å²) in [5.41, 5.74) is 0. The fourth-order valence-corrected chi connectivity index (χ4v) is 3.23. The van der Waals surface area contributed by atoms with Gasteiger partial charge in [-0.05, 0) is 45.4 Å².